The van der Waals surface area contributed by atoms with E-state index < -0.39 is 0 Å². The van der Waals surface area contributed by atoms with E-state index in [1.54, 1.807) is 19.4 Å². The highest BCUT2D eigenvalue weighted by Gasteiger charge is 2.05. The van der Waals surface area contributed by atoms with Crippen LogP contribution in [0.1, 0.15) is 22.3 Å². The molecule has 0 aromatic carbocycles. The highest BCUT2D eigenvalue weighted by atomic mass is 16.5. The van der Waals surface area contributed by atoms with Crippen molar-refractivity contribution < 1.29 is 9.53 Å². The molecule has 0 saturated carbocycles. The third kappa shape index (κ3) is 4.95. The number of methoxy groups -OCH3 is 1. The fourth-order valence-corrected chi connectivity index (χ4v) is 1.31. The molecule has 1 heterocycles. The van der Waals surface area contributed by atoms with Crippen LogP contribution in [0.2, 0.25) is 0 Å². The van der Waals surface area contributed by atoms with Gasteiger partial charge in [-0.1, -0.05) is 11.8 Å². The van der Waals surface area contributed by atoms with Crippen LogP contribution in [0.15, 0.2) is 18.5 Å². The Hall–Kier alpha value is -1.90. The molecule has 0 saturated heterocycles. The first-order valence-corrected chi connectivity index (χ1v) is 5.69. The monoisotopic (exact) mass is 247 g/mol. The second kappa shape index (κ2) is 8.23. The van der Waals surface area contributed by atoms with Crippen molar-refractivity contribution in [3.63, 3.8) is 0 Å². The number of pyridine rings is 1. The van der Waals surface area contributed by atoms with Crippen molar-refractivity contribution >= 4 is 5.91 Å². The molecular weight excluding hydrogens is 230 g/mol. The molecule has 1 rings (SSSR count). The van der Waals surface area contributed by atoms with Gasteiger partial charge >= 0.3 is 0 Å². The van der Waals surface area contributed by atoms with E-state index in [1.165, 1.54) is 6.20 Å². The van der Waals surface area contributed by atoms with Crippen molar-refractivity contribution in [1.29, 1.82) is 0 Å². The number of nitrogens with zero attached hydrogens (tertiary/aromatic N) is 1. The second-order valence-electron chi connectivity index (χ2n) is 3.57. The van der Waals surface area contributed by atoms with Gasteiger partial charge in [-0.25, -0.2) is 0 Å². The van der Waals surface area contributed by atoms with Crippen molar-refractivity contribution in [2.24, 2.45) is 5.73 Å². The van der Waals surface area contributed by atoms with Gasteiger partial charge in [0.1, 0.15) is 0 Å². The molecular formula is C13H17N3O2. The maximum atomic E-state index is 11.8. The standard InChI is InChI=1S/C13H17N3O2/c1-18-7-3-6-16-13(17)12-8-11(4-2-5-14)9-15-10-12/h8-10H,3,5-7,14H2,1H3,(H,16,17). The van der Waals surface area contributed by atoms with E-state index in [4.69, 9.17) is 10.5 Å². The summed E-state index contributed by atoms with van der Waals surface area (Å²) in [5, 5.41) is 2.79. The summed E-state index contributed by atoms with van der Waals surface area (Å²) in [5.74, 6) is 5.40. The molecule has 1 aromatic rings. The van der Waals surface area contributed by atoms with Crippen LogP contribution in [0.25, 0.3) is 0 Å². The molecule has 3 N–H and O–H groups in total. The van der Waals surface area contributed by atoms with Crippen LogP contribution in [0.4, 0.5) is 0 Å². The minimum atomic E-state index is -0.157. The maximum Gasteiger partial charge on any atom is 0.252 e. The van der Waals surface area contributed by atoms with Gasteiger partial charge in [0, 0.05) is 38.2 Å². The van der Waals surface area contributed by atoms with Crippen LogP contribution in [0.5, 0.6) is 0 Å². The predicted octanol–water partition coefficient (Wildman–Crippen LogP) is 0.158. The van der Waals surface area contributed by atoms with Crippen LogP contribution in [-0.4, -0.2) is 37.7 Å². The normalized spacial score (nSPS) is 9.44. The van der Waals surface area contributed by atoms with Crippen molar-refractivity contribution in [1.82, 2.24) is 10.3 Å². The molecule has 5 heteroatoms. The Kier molecular flexibility index (Phi) is 6.47. The number of carbonyl (C=O) groups excluding carboxylic acids is 1. The fraction of sp³-hybridized carbons (Fsp3) is 0.385. The highest BCUT2D eigenvalue weighted by Crippen LogP contribution is 2.01. The van der Waals surface area contributed by atoms with Crippen LogP contribution in [0.3, 0.4) is 0 Å². The number of hydrogen-bond donors (Lipinski definition) is 2. The van der Waals surface area contributed by atoms with Gasteiger partial charge in [-0.05, 0) is 12.5 Å². The van der Waals surface area contributed by atoms with E-state index >= 15 is 0 Å². The molecule has 0 spiro atoms. The lowest BCUT2D eigenvalue weighted by atomic mass is 10.2. The molecule has 0 fully saturated rings. The number of ether oxygens (including phenoxy) is 1. The topological polar surface area (TPSA) is 77.2 Å². The van der Waals surface area contributed by atoms with Gasteiger partial charge in [0.2, 0.25) is 0 Å². The zero-order valence-electron chi connectivity index (χ0n) is 10.4. The van der Waals surface area contributed by atoms with Gasteiger partial charge in [0.25, 0.3) is 5.91 Å². The van der Waals surface area contributed by atoms with Gasteiger partial charge in [-0.3, -0.25) is 9.78 Å². The van der Waals surface area contributed by atoms with Crippen LogP contribution >= 0.6 is 0 Å². The largest absolute Gasteiger partial charge is 0.385 e. The molecule has 0 unspecified atom stereocenters. The van der Waals surface area contributed by atoms with E-state index in [0.717, 1.165) is 6.42 Å². The van der Waals surface area contributed by atoms with Gasteiger partial charge in [-0.2, -0.15) is 0 Å². The molecule has 0 bridgehead atoms. The summed E-state index contributed by atoms with van der Waals surface area (Å²) < 4.78 is 4.90. The second-order valence-corrected chi connectivity index (χ2v) is 3.57. The van der Waals surface area contributed by atoms with Gasteiger partial charge in [0.05, 0.1) is 12.1 Å². The smallest absolute Gasteiger partial charge is 0.252 e. The number of nitrogens with one attached hydrogen (secondary N) is 1. The van der Waals surface area contributed by atoms with E-state index in [1.807, 2.05) is 0 Å². The molecule has 0 aliphatic carbocycles. The molecule has 1 amide bonds. The Morgan fingerprint density at radius 1 is 1.56 bits per heavy atom. The Morgan fingerprint density at radius 3 is 3.11 bits per heavy atom. The van der Waals surface area contributed by atoms with Gasteiger partial charge in [0.15, 0.2) is 0 Å². The first-order valence-electron chi connectivity index (χ1n) is 5.69. The number of rotatable bonds is 5. The lowest BCUT2D eigenvalue weighted by molar-refractivity contribution is 0.0948. The van der Waals surface area contributed by atoms with E-state index in [0.29, 0.717) is 24.3 Å². The maximum absolute atomic E-state index is 11.8. The number of aromatic nitrogens is 1. The van der Waals surface area contributed by atoms with Crippen molar-refractivity contribution in [3.8, 4) is 11.8 Å². The lowest BCUT2D eigenvalue weighted by Gasteiger charge is -2.04. The SMILES string of the molecule is COCCCNC(=O)c1cncc(C#CCN)c1. The number of hydrogen-bond acceptors (Lipinski definition) is 4. The summed E-state index contributed by atoms with van der Waals surface area (Å²) in [7, 11) is 1.63. The van der Waals surface area contributed by atoms with Crippen molar-refractivity contribution in [2.75, 3.05) is 26.8 Å². The molecule has 96 valence electrons. The molecule has 0 aliphatic rings. The van der Waals surface area contributed by atoms with E-state index in [-0.39, 0.29) is 12.5 Å². The van der Waals surface area contributed by atoms with Crippen LogP contribution in [-0.2, 0) is 4.74 Å². The van der Waals surface area contributed by atoms with Gasteiger partial charge in [-0.15, -0.1) is 0 Å². The van der Waals surface area contributed by atoms with Gasteiger partial charge < -0.3 is 15.8 Å². The molecule has 0 radical (unpaired) electrons. The quantitative estimate of drug-likeness (QED) is 0.574. The predicted molar refractivity (Wildman–Crippen MR) is 69.0 cm³/mol. The highest BCUT2D eigenvalue weighted by molar-refractivity contribution is 5.94. The summed E-state index contributed by atoms with van der Waals surface area (Å²) in [6.07, 6.45) is 3.89. The third-order valence-electron chi connectivity index (χ3n) is 2.15. The number of nitrogens with two attached hydrogens (primary N) is 1. The van der Waals surface area contributed by atoms with Crippen LogP contribution in [0, 0.1) is 11.8 Å². The average Bonchev–Trinajstić information content (AvgIpc) is 2.41. The van der Waals surface area contributed by atoms with Crippen LogP contribution < -0.4 is 11.1 Å². The zero-order valence-corrected chi connectivity index (χ0v) is 10.4. The summed E-state index contributed by atoms with van der Waals surface area (Å²) >= 11 is 0. The molecule has 0 aliphatic heterocycles. The third-order valence-corrected chi connectivity index (χ3v) is 2.15. The molecule has 18 heavy (non-hydrogen) atoms. The molecule has 1 aromatic heterocycles. The lowest BCUT2D eigenvalue weighted by Crippen LogP contribution is -2.25. The first-order chi connectivity index (χ1) is 8.77. The minimum Gasteiger partial charge on any atom is -0.385 e. The van der Waals surface area contributed by atoms with E-state index in [9.17, 15) is 4.79 Å². The summed E-state index contributed by atoms with van der Waals surface area (Å²) in [6, 6.07) is 1.70. The Labute approximate surface area is 107 Å². The number of carbonyl (C=O) groups is 1. The number of amides is 1. The van der Waals surface area contributed by atoms with Crippen molar-refractivity contribution in [2.45, 2.75) is 6.42 Å². The summed E-state index contributed by atoms with van der Waals surface area (Å²) in [5.41, 5.74) is 6.46. The molecule has 0 atom stereocenters. The Balaban J connectivity index is 2.57. The van der Waals surface area contributed by atoms with E-state index in [2.05, 4.69) is 22.1 Å². The fourth-order valence-electron chi connectivity index (χ4n) is 1.31. The Morgan fingerprint density at radius 2 is 2.39 bits per heavy atom. The minimum absolute atomic E-state index is 0.157. The first kappa shape index (κ1) is 14.2. The Bertz CT molecular complexity index is 449. The molecule has 5 nitrogen and oxygen atoms in total. The summed E-state index contributed by atoms with van der Waals surface area (Å²) in [4.78, 5) is 15.7. The average molecular weight is 247 g/mol. The summed E-state index contributed by atoms with van der Waals surface area (Å²) in [6.45, 7) is 1.49. The van der Waals surface area contributed by atoms with Crippen molar-refractivity contribution in [3.05, 3.63) is 29.6 Å². The zero-order chi connectivity index (χ0) is 13.2.